The maximum Gasteiger partial charge on any atom is 0.289 e. The van der Waals surface area contributed by atoms with Gasteiger partial charge in [0.1, 0.15) is 12.1 Å². The van der Waals surface area contributed by atoms with Gasteiger partial charge in [-0.25, -0.2) is 9.97 Å². The first kappa shape index (κ1) is 13.3. The summed E-state index contributed by atoms with van der Waals surface area (Å²) in [6.45, 7) is 1.42. The van der Waals surface area contributed by atoms with Crippen LogP contribution < -0.4 is 5.32 Å². The zero-order valence-corrected chi connectivity index (χ0v) is 12.3. The third-order valence-electron chi connectivity index (χ3n) is 4.42. The molecule has 1 N–H and O–H groups in total. The molecule has 0 unspecified atom stereocenters. The second-order valence-corrected chi connectivity index (χ2v) is 5.86. The predicted octanol–water partition coefficient (Wildman–Crippen LogP) is 1.88. The molecule has 1 aliphatic heterocycles. The van der Waals surface area contributed by atoms with Crippen LogP contribution in [0.2, 0.25) is 0 Å². The highest BCUT2D eigenvalue weighted by molar-refractivity contribution is 5.91. The molecule has 0 spiro atoms. The Morgan fingerprint density at radius 1 is 1.36 bits per heavy atom. The molecule has 2 aliphatic rings. The van der Waals surface area contributed by atoms with Gasteiger partial charge in [0, 0.05) is 30.4 Å². The minimum atomic E-state index is -0.0396. The molecule has 1 saturated heterocycles. The van der Waals surface area contributed by atoms with Gasteiger partial charge in [-0.2, -0.15) is 0 Å². The number of aromatic nitrogens is 2. The van der Waals surface area contributed by atoms with Crippen LogP contribution >= 0.6 is 0 Å². The van der Waals surface area contributed by atoms with E-state index in [0.29, 0.717) is 12.3 Å². The number of carbonyl (C=O) groups excluding carboxylic acids is 1. The SMILES string of the molecule is O=C(c1ccco1)N1CC[C@H](Nc2ncnc3c2CCC3)C1. The van der Waals surface area contributed by atoms with Crippen LogP contribution in [0.4, 0.5) is 5.82 Å². The Morgan fingerprint density at radius 2 is 2.32 bits per heavy atom. The number of fused-ring (bicyclic) bond motifs is 1. The Labute approximate surface area is 128 Å². The van der Waals surface area contributed by atoms with E-state index in [2.05, 4.69) is 15.3 Å². The molecule has 1 atom stereocenters. The topological polar surface area (TPSA) is 71.3 Å². The van der Waals surface area contributed by atoms with Crippen LogP contribution in [0.1, 0.15) is 34.7 Å². The van der Waals surface area contributed by atoms with E-state index in [1.165, 1.54) is 17.5 Å². The average molecular weight is 298 g/mol. The van der Waals surface area contributed by atoms with Crippen molar-refractivity contribution in [1.29, 1.82) is 0 Å². The lowest BCUT2D eigenvalue weighted by Crippen LogP contribution is -2.31. The largest absolute Gasteiger partial charge is 0.459 e. The number of aryl methyl sites for hydroxylation is 1. The molecule has 1 fully saturated rings. The molecule has 6 nitrogen and oxygen atoms in total. The van der Waals surface area contributed by atoms with E-state index in [-0.39, 0.29) is 11.9 Å². The van der Waals surface area contributed by atoms with Crippen LogP contribution in [-0.4, -0.2) is 39.9 Å². The summed E-state index contributed by atoms with van der Waals surface area (Å²) >= 11 is 0. The van der Waals surface area contributed by atoms with Gasteiger partial charge in [0.25, 0.3) is 5.91 Å². The first-order valence-corrected chi connectivity index (χ1v) is 7.73. The van der Waals surface area contributed by atoms with E-state index in [0.717, 1.165) is 38.0 Å². The smallest absolute Gasteiger partial charge is 0.289 e. The molecule has 1 amide bonds. The summed E-state index contributed by atoms with van der Waals surface area (Å²) < 4.78 is 5.19. The molecular formula is C16H18N4O2. The van der Waals surface area contributed by atoms with Crippen molar-refractivity contribution in [3.05, 3.63) is 41.7 Å². The second kappa shape index (κ2) is 5.44. The number of amides is 1. The second-order valence-electron chi connectivity index (χ2n) is 5.86. The third kappa shape index (κ3) is 2.34. The summed E-state index contributed by atoms with van der Waals surface area (Å²) in [6.07, 6.45) is 7.32. The zero-order chi connectivity index (χ0) is 14.9. The molecule has 4 rings (SSSR count). The molecule has 0 saturated carbocycles. The number of nitrogens with one attached hydrogen (secondary N) is 1. The van der Waals surface area contributed by atoms with Crippen molar-refractivity contribution in [2.24, 2.45) is 0 Å². The van der Waals surface area contributed by atoms with Crippen LogP contribution in [0.25, 0.3) is 0 Å². The standard InChI is InChI=1S/C16H18N4O2/c21-16(14-5-2-8-22-14)20-7-6-11(9-20)19-15-12-3-1-4-13(12)17-10-18-15/h2,5,8,10-11H,1,3-4,6-7,9H2,(H,17,18,19)/t11-/m0/s1. The first-order valence-electron chi connectivity index (χ1n) is 7.73. The van der Waals surface area contributed by atoms with Crippen molar-refractivity contribution in [3.63, 3.8) is 0 Å². The van der Waals surface area contributed by atoms with Crippen molar-refractivity contribution >= 4 is 11.7 Å². The summed E-state index contributed by atoms with van der Waals surface area (Å²) in [7, 11) is 0. The molecule has 2 aromatic rings. The van der Waals surface area contributed by atoms with Gasteiger partial charge in [-0.1, -0.05) is 0 Å². The summed E-state index contributed by atoms with van der Waals surface area (Å²) in [6, 6.07) is 3.68. The molecule has 22 heavy (non-hydrogen) atoms. The van der Waals surface area contributed by atoms with Crippen LogP contribution in [0, 0.1) is 0 Å². The first-order chi connectivity index (χ1) is 10.8. The minimum absolute atomic E-state index is 0.0396. The lowest BCUT2D eigenvalue weighted by atomic mass is 10.2. The number of hydrogen-bond acceptors (Lipinski definition) is 5. The fourth-order valence-corrected chi connectivity index (χ4v) is 3.30. The Kier molecular flexibility index (Phi) is 3.29. The number of carbonyl (C=O) groups is 1. The van der Waals surface area contributed by atoms with E-state index >= 15 is 0 Å². The quantitative estimate of drug-likeness (QED) is 0.937. The van der Waals surface area contributed by atoms with Gasteiger partial charge in [-0.3, -0.25) is 4.79 Å². The van der Waals surface area contributed by atoms with Crippen molar-refractivity contribution in [1.82, 2.24) is 14.9 Å². The van der Waals surface area contributed by atoms with Gasteiger partial charge >= 0.3 is 0 Å². The molecule has 2 aromatic heterocycles. The molecule has 114 valence electrons. The van der Waals surface area contributed by atoms with E-state index in [1.807, 2.05) is 4.90 Å². The van der Waals surface area contributed by atoms with Gasteiger partial charge in [-0.15, -0.1) is 0 Å². The number of anilines is 1. The third-order valence-corrected chi connectivity index (χ3v) is 4.42. The normalized spacial score (nSPS) is 20.2. The van der Waals surface area contributed by atoms with Gasteiger partial charge in [0.2, 0.25) is 0 Å². The van der Waals surface area contributed by atoms with Crippen molar-refractivity contribution < 1.29 is 9.21 Å². The number of likely N-dealkylation sites (tertiary alicyclic amines) is 1. The number of hydrogen-bond donors (Lipinski definition) is 1. The van der Waals surface area contributed by atoms with Crippen molar-refractivity contribution in [3.8, 4) is 0 Å². The Balaban J connectivity index is 1.44. The highest BCUT2D eigenvalue weighted by atomic mass is 16.3. The lowest BCUT2D eigenvalue weighted by Gasteiger charge is -2.17. The maximum absolute atomic E-state index is 12.3. The highest BCUT2D eigenvalue weighted by Gasteiger charge is 2.29. The summed E-state index contributed by atoms with van der Waals surface area (Å²) in [5, 5.41) is 3.50. The van der Waals surface area contributed by atoms with Crippen LogP contribution in [0.15, 0.2) is 29.1 Å². The highest BCUT2D eigenvalue weighted by Crippen LogP contribution is 2.26. The number of furan rings is 1. The van der Waals surface area contributed by atoms with Crippen LogP contribution in [0.5, 0.6) is 0 Å². The molecule has 0 bridgehead atoms. The Bertz CT molecular complexity index is 683. The summed E-state index contributed by atoms with van der Waals surface area (Å²) in [4.78, 5) is 22.8. The fraction of sp³-hybridized carbons (Fsp3) is 0.438. The van der Waals surface area contributed by atoms with E-state index < -0.39 is 0 Å². The number of nitrogens with zero attached hydrogens (tertiary/aromatic N) is 3. The summed E-state index contributed by atoms with van der Waals surface area (Å²) in [5.41, 5.74) is 2.41. The van der Waals surface area contributed by atoms with Gasteiger partial charge in [-0.05, 0) is 37.8 Å². The fourth-order valence-electron chi connectivity index (χ4n) is 3.30. The zero-order valence-electron chi connectivity index (χ0n) is 12.3. The average Bonchev–Trinajstić information content (AvgIpc) is 3.28. The monoisotopic (exact) mass is 298 g/mol. The molecule has 0 aromatic carbocycles. The lowest BCUT2D eigenvalue weighted by molar-refractivity contribution is 0.0760. The molecule has 1 aliphatic carbocycles. The van der Waals surface area contributed by atoms with Crippen molar-refractivity contribution in [2.75, 3.05) is 18.4 Å². The van der Waals surface area contributed by atoms with Crippen LogP contribution in [-0.2, 0) is 12.8 Å². The van der Waals surface area contributed by atoms with E-state index in [1.54, 1.807) is 18.5 Å². The van der Waals surface area contributed by atoms with Crippen molar-refractivity contribution in [2.45, 2.75) is 31.7 Å². The molecule has 6 heteroatoms. The summed E-state index contributed by atoms with van der Waals surface area (Å²) in [5.74, 6) is 1.31. The van der Waals surface area contributed by atoms with Gasteiger partial charge in [0.05, 0.1) is 6.26 Å². The van der Waals surface area contributed by atoms with Crippen LogP contribution in [0.3, 0.4) is 0 Å². The maximum atomic E-state index is 12.3. The molecule has 3 heterocycles. The predicted molar refractivity (Wildman–Crippen MR) is 80.7 cm³/mol. The Hall–Kier alpha value is -2.37. The van der Waals surface area contributed by atoms with E-state index in [9.17, 15) is 4.79 Å². The van der Waals surface area contributed by atoms with E-state index in [4.69, 9.17) is 4.42 Å². The molecule has 0 radical (unpaired) electrons. The molecular weight excluding hydrogens is 280 g/mol. The minimum Gasteiger partial charge on any atom is -0.459 e. The van der Waals surface area contributed by atoms with Gasteiger partial charge < -0.3 is 14.6 Å². The Morgan fingerprint density at radius 3 is 3.18 bits per heavy atom. The number of rotatable bonds is 3. The van der Waals surface area contributed by atoms with Gasteiger partial charge in [0.15, 0.2) is 5.76 Å².